The molecule has 29 heavy (non-hydrogen) atoms. The molecular formula is C20H23N3O5S. The van der Waals surface area contributed by atoms with Gasteiger partial charge < -0.3 is 14.8 Å². The second kappa shape index (κ2) is 10.0. The number of hydrogen-bond donors (Lipinski definition) is 2. The minimum absolute atomic E-state index is 0.0884. The summed E-state index contributed by atoms with van der Waals surface area (Å²) >= 11 is 1.29. The molecule has 2 N–H and O–H groups in total. The number of carbonyl (C=O) groups excluding carboxylic acids is 3. The summed E-state index contributed by atoms with van der Waals surface area (Å²) in [5, 5.41) is 7.16. The highest BCUT2D eigenvalue weighted by Gasteiger charge is 2.19. The van der Waals surface area contributed by atoms with Crippen LogP contribution in [-0.2, 0) is 9.53 Å². The summed E-state index contributed by atoms with van der Waals surface area (Å²) < 4.78 is 10.1. The molecule has 1 heterocycles. The molecule has 0 saturated heterocycles. The summed E-state index contributed by atoms with van der Waals surface area (Å²) in [6, 6.07) is 6.81. The second-order valence-corrected chi connectivity index (χ2v) is 7.56. The van der Waals surface area contributed by atoms with Crippen LogP contribution in [0.1, 0.15) is 42.6 Å². The van der Waals surface area contributed by atoms with Gasteiger partial charge in [0.1, 0.15) is 10.8 Å². The van der Waals surface area contributed by atoms with Gasteiger partial charge in [-0.05, 0) is 37.1 Å². The number of imide groups is 1. The minimum Gasteiger partial charge on any atom is -0.497 e. The van der Waals surface area contributed by atoms with E-state index in [0.717, 1.165) is 37.0 Å². The fourth-order valence-corrected chi connectivity index (χ4v) is 3.87. The lowest BCUT2D eigenvalue weighted by Crippen LogP contribution is -2.46. The average Bonchev–Trinajstić information content (AvgIpc) is 3.23. The van der Waals surface area contributed by atoms with Crippen molar-refractivity contribution in [2.75, 3.05) is 13.7 Å². The molecule has 1 saturated carbocycles. The van der Waals surface area contributed by atoms with Gasteiger partial charge in [-0.2, -0.15) is 0 Å². The summed E-state index contributed by atoms with van der Waals surface area (Å²) in [7, 11) is 1.59. The molecule has 1 aliphatic rings. The Hall–Kier alpha value is -2.94. The van der Waals surface area contributed by atoms with Crippen LogP contribution in [0, 0.1) is 0 Å². The van der Waals surface area contributed by atoms with E-state index in [2.05, 4.69) is 15.6 Å². The van der Waals surface area contributed by atoms with E-state index in [1.165, 1.54) is 17.8 Å². The molecule has 3 amide bonds. The Morgan fingerprint density at radius 1 is 1.14 bits per heavy atom. The summed E-state index contributed by atoms with van der Waals surface area (Å²) in [5.74, 6) is -0.676. The van der Waals surface area contributed by atoms with Gasteiger partial charge in [0.25, 0.3) is 5.91 Å². The molecule has 0 unspecified atom stereocenters. The van der Waals surface area contributed by atoms with E-state index in [9.17, 15) is 14.4 Å². The molecule has 0 spiro atoms. The number of ether oxygens (including phenoxy) is 2. The Kier molecular flexibility index (Phi) is 7.18. The van der Waals surface area contributed by atoms with Crippen LogP contribution < -0.4 is 15.4 Å². The van der Waals surface area contributed by atoms with Gasteiger partial charge >= 0.3 is 12.0 Å². The monoisotopic (exact) mass is 417 g/mol. The van der Waals surface area contributed by atoms with E-state index < -0.39 is 24.5 Å². The number of thiazole rings is 1. The zero-order valence-corrected chi connectivity index (χ0v) is 16.9. The van der Waals surface area contributed by atoms with Crippen molar-refractivity contribution in [2.24, 2.45) is 0 Å². The first-order valence-corrected chi connectivity index (χ1v) is 10.3. The summed E-state index contributed by atoms with van der Waals surface area (Å²) in [4.78, 5) is 40.0. The molecule has 1 aromatic carbocycles. The molecule has 8 nitrogen and oxygen atoms in total. The predicted molar refractivity (Wildman–Crippen MR) is 108 cm³/mol. The highest BCUT2D eigenvalue weighted by molar-refractivity contribution is 7.13. The molecule has 2 aromatic rings. The number of nitrogens with zero attached hydrogens (tertiary/aromatic N) is 1. The van der Waals surface area contributed by atoms with E-state index in [4.69, 9.17) is 9.47 Å². The molecule has 1 aliphatic carbocycles. The van der Waals surface area contributed by atoms with E-state index in [1.807, 2.05) is 12.1 Å². The Bertz CT molecular complexity index is 859. The third kappa shape index (κ3) is 6.02. The van der Waals surface area contributed by atoms with Gasteiger partial charge in [0, 0.05) is 17.0 Å². The first-order valence-electron chi connectivity index (χ1n) is 9.42. The second-order valence-electron chi connectivity index (χ2n) is 6.70. The maximum atomic E-state index is 12.1. The molecule has 0 radical (unpaired) electrons. The van der Waals surface area contributed by atoms with Crippen molar-refractivity contribution in [3.63, 3.8) is 0 Å². The van der Waals surface area contributed by atoms with Crippen LogP contribution in [0.25, 0.3) is 10.6 Å². The molecule has 0 aliphatic heterocycles. The number of esters is 1. The third-order valence-corrected chi connectivity index (χ3v) is 5.47. The molecular weight excluding hydrogens is 394 g/mol. The highest BCUT2D eigenvalue weighted by atomic mass is 32.1. The van der Waals surface area contributed by atoms with Crippen molar-refractivity contribution in [1.29, 1.82) is 0 Å². The number of aromatic nitrogens is 1. The average molecular weight is 417 g/mol. The van der Waals surface area contributed by atoms with Crippen molar-refractivity contribution in [1.82, 2.24) is 15.6 Å². The van der Waals surface area contributed by atoms with Gasteiger partial charge in [-0.1, -0.05) is 19.3 Å². The topological polar surface area (TPSA) is 107 Å². The Balaban J connectivity index is 1.45. The molecule has 154 valence electrons. The van der Waals surface area contributed by atoms with Gasteiger partial charge in [-0.15, -0.1) is 11.3 Å². The minimum atomic E-state index is -0.719. The van der Waals surface area contributed by atoms with Crippen molar-refractivity contribution in [3.05, 3.63) is 35.3 Å². The smallest absolute Gasteiger partial charge is 0.358 e. The normalized spacial score (nSPS) is 14.1. The number of hydrogen-bond acceptors (Lipinski definition) is 7. The molecule has 9 heteroatoms. The highest BCUT2D eigenvalue weighted by Crippen LogP contribution is 2.26. The summed E-state index contributed by atoms with van der Waals surface area (Å²) in [6.45, 7) is -0.549. The number of amides is 3. The SMILES string of the molecule is COc1ccc(-c2nc(C(=O)OCC(=O)NC(=O)NC3CCCCC3)cs2)cc1. The van der Waals surface area contributed by atoms with E-state index >= 15 is 0 Å². The zero-order chi connectivity index (χ0) is 20.6. The lowest BCUT2D eigenvalue weighted by atomic mass is 9.96. The summed E-state index contributed by atoms with van der Waals surface area (Å²) in [5.41, 5.74) is 0.951. The van der Waals surface area contributed by atoms with Crippen molar-refractivity contribution in [3.8, 4) is 16.3 Å². The van der Waals surface area contributed by atoms with Crippen LogP contribution in [0.4, 0.5) is 4.79 Å². The Labute approximate surface area is 172 Å². The summed E-state index contributed by atoms with van der Waals surface area (Å²) in [6.07, 6.45) is 5.14. The van der Waals surface area contributed by atoms with E-state index in [1.54, 1.807) is 24.6 Å². The quantitative estimate of drug-likeness (QED) is 0.700. The van der Waals surface area contributed by atoms with Crippen molar-refractivity contribution in [2.45, 2.75) is 38.1 Å². The van der Waals surface area contributed by atoms with Crippen LogP contribution in [0.3, 0.4) is 0 Å². The van der Waals surface area contributed by atoms with Gasteiger partial charge in [0.15, 0.2) is 12.3 Å². The molecule has 0 bridgehead atoms. The fourth-order valence-electron chi connectivity index (χ4n) is 3.07. The lowest BCUT2D eigenvalue weighted by molar-refractivity contribution is -0.123. The van der Waals surface area contributed by atoms with Crippen LogP contribution in [0.2, 0.25) is 0 Å². The molecule has 1 aromatic heterocycles. The number of carbonyl (C=O) groups is 3. The number of benzene rings is 1. The molecule has 0 atom stereocenters. The van der Waals surface area contributed by atoms with Crippen LogP contribution in [-0.4, -0.2) is 42.7 Å². The van der Waals surface area contributed by atoms with Gasteiger partial charge in [0.2, 0.25) is 0 Å². The Morgan fingerprint density at radius 3 is 2.55 bits per heavy atom. The van der Waals surface area contributed by atoms with Crippen LogP contribution in [0.15, 0.2) is 29.6 Å². The van der Waals surface area contributed by atoms with Crippen molar-refractivity contribution >= 4 is 29.2 Å². The van der Waals surface area contributed by atoms with Gasteiger partial charge in [-0.25, -0.2) is 14.6 Å². The standard InChI is InChI=1S/C20H23N3O5S/c1-27-15-9-7-13(8-10-15)18-22-16(12-29-18)19(25)28-11-17(24)23-20(26)21-14-5-3-2-4-6-14/h7-10,12,14H,2-6,11H2,1H3,(H2,21,23,24,26). The van der Waals surface area contributed by atoms with E-state index in [0.29, 0.717) is 5.01 Å². The Morgan fingerprint density at radius 2 is 1.86 bits per heavy atom. The lowest BCUT2D eigenvalue weighted by Gasteiger charge is -2.22. The largest absolute Gasteiger partial charge is 0.497 e. The number of nitrogens with one attached hydrogen (secondary N) is 2. The zero-order valence-electron chi connectivity index (χ0n) is 16.1. The van der Waals surface area contributed by atoms with Crippen LogP contribution in [0.5, 0.6) is 5.75 Å². The van der Waals surface area contributed by atoms with Crippen LogP contribution >= 0.6 is 11.3 Å². The maximum Gasteiger partial charge on any atom is 0.358 e. The maximum absolute atomic E-state index is 12.1. The number of rotatable bonds is 6. The predicted octanol–water partition coefficient (Wildman–Crippen LogP) is 3.13. The molecule has 3 rings (SSSR count). The van der Waals surface area contributed by atoms with E-state index in [-0.39, 0.29) is 11.7 Å². The first-order chi connectivity index (χ1) is 14.0. The number of methoxy groups -OCH3 is 1. The third-order valence-electron chi connectivity index (χ3n) is 4.58. The van der Waals surface area contributed by atoms with Gasteiger partial charge in [-0.3, -0.25) is 10.1 Å². The number of urea groups is 1. The fraction of sp³-hybridized carbons (Fsp3) is 0.400. The molecule has 1 fully saturated rings. The first kappa shape index (κ1) is 20.8. The van der Waals surface area contributed by atoms with Gasteiger partial charge in [0.05, 0.1) is 7.11 Å². The van der Waals surface area contributed by atoms with Crippen molar-refractivity contribution < 1.29 is 23.9 Å².